The zero-order chi connectivity index (χ0) is 36.6. The first kappa shape index (κ1) is 41.5. The van der Waals surface area contributed by atoms with Gasteiger partial charge in [0.05, 0.1) is 6.10 Å². The third-order valence-corrected chi connectivity index (χ3v) is 7.98. The van der Waals surface area contributed by atoms with Gasteiger partial charge >= 0.3 is 0 Å². The van der Waals surface area contributed by atoms with Crippen LogP contribution in [0.25, 0.3) is 0 Å². The molecule has 0 aromatic rings. The molecule has 0 bridgehead atoms. The third kappa shape index (κ3) is 13.7. The summed E-state index contributed by atoms with van der Waals surface area (Å²) in [6.07, 6.45) is 0.0769. The third-order valence-electron chi connectivity index (χ3n) is 7.98. The molecule has 0 spiro atoms. The largest absolute Gasteiger partial charge is 0.391 e. The van der Waals surface area contributed by atoms with Crippen molar-refractivity contribution in [3.63, 3.8) is 0 Å². The SMILES string of the molecule is CCNC(=O)[C@@H]1CCCN1C(=O)[C@H](CCCN=C(N)N)NC(=O)[C@@H](NC(=O)[C@H](CCC(N)=O)NC(=O)[C@@H](NC(C)=O)[C@@H](C)O)[C@@H](C)CC. The molecule has 7 amide bonds. The quantitative estimate of drug-likeness (QED) is 0.0352. The minimum Gasteiger partial charge on any atom is -0.391 e. The average molecular weight is 683 g/mol. The van der Waals surface area contributed by atoms with E-state index in [1.165, 1.54) is 11.8 Å². The molecule has 0 radical (unpaired) electrons. The number of primary amides is 1. The van der Waals surface area contributed by atoms with Crippen molar-refractivity contribution in [2.45, 2.75) is 116 Å². The minimum absolute atomic E-state index is 0.127. The molecule has 0 aliphatic carbocycles. The molecule has 1 aliphatic heterocycles. The standard InChI is InChI=1S/C30H54N10O8/c1-6-16(3)23(39-25(44)19(12-13-22(31)43)37-28(47)24(17(4)41)36-18(5)42)27(46)38-20(10-8-14-35-30(32)33)29(48)40-15-9-11-21(40)26(45)34-7-2/h16-17,19-21,23-24,41H,6-15H2,1-5H3,(H2,31,43)(H,34,45)(H,36,42)(H,37,47)(H,38,46)(H,39,44)(H4,32,33,35)/t16-,17+,19-,20-,21-,23-,24-/m0/s1. The van der Waals surface area contributed by atoms with Crippen LogP contribution in [0.3, 0.4) is 0 Å². The van der Waals surface area contributed by atoms with Crippen molar-refractivity contribution in [2.24, 2.45) is 28.1 Å². The highest BCUT2D eigenvalue weighted by molar-refractivity contribution is 5.97. The molecule has 7 atom stereocenters. The molecule has 1 heterocycles. The Morgan fingerprint density at radius 3 is 2.04 bits per heavy atom. The van der Waals surface area contributed by atoms with E-state index in [1.54, 1.807) is 20.8 Å². The first-order valence-electron chi connectivity index (χ1n) is 16.3. The Balaban J connectivity index is 3.31. The van der Waals surface area contributed by atoms with Crippen LogP contribution in [0.1, 0.15) is 79.6 Å². The highest BCUT2D eigenvalue weighted by atomic mass is 16.3. The van der Waals surface area contributed by atoms with Gasteiger partial charge in [0, 0.05) is 33.0 Å². The van der Waals surface area contributed by atoms with Crippen LogP contribution >= 0.6 is 0 Å². The van der Waals surface area contributed by atoms with Crippen molar-refractivity contribution in [1.82, 2.24) is 31.5 Å². The van der Waals surface area contributed by atoms with E-state index in [1.807, 2.05) is 0 Å². The fraction of sp³-hybridized carbons (Fsp3) is 0.733. The van der Waals surface area contributed by atoms with Gasteiger partial charge in [0.25, 0.3) is 0 Å². The van der Waals surface area contributed by atoms with Gasteiger partial charge in [0.1, 0.15) is 30.2 Å². The molecule has 18 heteroatoms. The second-order valence-electron chi connectivity index (χ2n) is 12.0. The Bertz CT molecular complexity index is 1180. The normalized spacial score (nSPS) is 17.8. The fourth-order valence-electron chi connectivity index (χ4n) is 5.21. The fourth-order valence-corrected chi connectivity index (χ4v) is 5.21. The van der Waals surface area contributed by atoms with Crippen molar-refractivity contribution in [1.29, 1.82) is 0 Å². The Hall–Kier alpha value is -4.48. The van der Waals surface area contributed by atoms with E-state index in [9.17, 15) is 38.7 Å². The van der Waals surface area contributed by atoms with Gasteiger partial charge in [0.15, 0.2) is 5.96 Å². The van der Waals surface area contributed by atoms with Crippen LogP contribution in [0.2, 0.25) is 0 Å². The van der Waals surface area contributed by atoms with Crippen molar-refractivity contribution >= 4 is 47.3 Å². The van der Waals surface area contributed by atoms with Gasteiger partial charge in [-0.3, -0.25) is 38.6 Å². The van der Waals surface area contributed by atoms with Gasteiger partial charge in [-0.25, -0.2) is 0 Å². The van der Waals surface area contributed by atoms with Crippen LogP contribution in [0.15, 0.2) is 4.99 Å². The van der Waals surface area contributed by atoms with E-state index < -0.39 is 77.7 Å². The summed E-state index contributed by atoms with van der Waals surface area (Å²) in [5.41, 5.74) is 16.1. The number of hydrogen-bond acceptors (Lipinski definition) is 9. The number of likely N-dealkylation sites (N-methyl/N-ethyl adjacent to an activating group) is 1. The molecule has 272 valence electrons. The number of likely N-dealkylation sites (tertiary alicyclic amines) is 1. The molecule has 0 unspecified atom stereocenters. The number of hydrogen-bond donors (Lipinski definition) is 9. The Morgan fingerprint density at radius 1 is 0.875 bits per heavy atom. The average Bonchev–Trinajstić information content (AvgIpc) is 3.51. The second-order valence-corrected chi connectivity index (χ2v) is 12.0. The number of nitrogens with two attached hydrogens (primary N) is 3. The molecule has 0 saturated carbocycles. The van der Waals surface area contributed by atoms with Crippen molar-refractivity contribution in [3.8, 4) is 0 Å². The first-order chi connectivity index (χ1) is 22.5. The summed E-state index contributed by atoms with van der Waals surface area (Å²) in [6.45, 7) is 8.59. The van der Waals surface area contributed by atoms with E-state index in [0.717, 1.165) is 6.92 Å². The molecule has 48 heavy (non-hydrogen) atoms. The van der Waals surface area contributed by atoms with E-state index in [2.05, 4.69) is 31.6 Å². The minimum atomic E-state index is -1.40. The maximum absolute atomic E-state index is 13.8. The predicted molar refractivity (Wildman–Crippen MR) is 176 cm³/mol. The van der Waals surface area contributed by atoms with Gasteiger partial charge in [-0.1, -0.05) is 20.3 Å². The zero-order valence-corrected chi connectivity index (χ0v) is 28.5. The number of aliphatic hydroxyl groups excluding tert-OH is 1. The highest BCUT2D eigenvalue weighted by Crippen LogP contribution is 2.20. The van der Waals surface area contributed by atoms with Crippen LogP contribution in [0.4, 0.5) is 0 Å². The Morgan fingerprint density at radius 2 is 1.50 bits per heavy atom. The molecular formula is C30H54N10O8. The second kappa shape index (κ2) is 20.7. The molecule has 0 aromatic carbocycles. The molecule has 12 N–H and O–H groups in total. The number of aliphatic imine (C=N–C) groups is 1. The number of guanidine groups is 1. The van der Waals surface area contributed by atoms with E-state index in [4.69, 9.17) is 17.2 Å². The lowest BCUT2D eigenvalue weighted by molar-refractivity contribution is -0.142. The Kier molecular flexibility index (Phi) is 17.9. The summed E-state index contributed by atoms with van der Waals surface area (Å²) in [5.74, 6) is -5.11. The molecule has 1 rings (SSSR count). The summed E-state index contributed by atoms with van der Waals surface area (Å²) >= 11 is 0. The lowest BCUT2D eigenvalue weighted by Gasteiger charge is -2.31. The van der Waals surface area contributed by atoms with Gasteiger partial charge in [-0.05, 0) is 51.9 Å². The molecule has 1 aliphatic rings. The number of rotatable bonds is 20. The molecule has 1 fully saturated rings. The smallest absolute Gasteiger partial charge is 0.245 e. The lowest BCUT2D eigenvalue weighted by atomic mass is 9.96. The molecule has 0 aromatic heterocycles. The van der Waals surface area contributed by atoms with Crippen LogP contribution in [-0.4, -0.2) is 113 Å². The van der Waals surface area contributed by atoms with Crippen LogP contribution in [-0.2, 0) is 33.6 Å². The maximum atomic E-state index is 13.8. The summed E-state index contributed by atoms with van der Waals surface area (Å²) in [5, 5.41) is 22.9. The van der Waals surface area contributed by atoms with E-state index in [-0.39, 0.29) is 37.7 Å². The monoisotopic (exact) mass is 682 g/mol. The van der Waals surface area contributed by atoms with Crippen LogP contribution in [0.5, 0.6) is 0 Å². The van der Waals surface area contributed by atoms with E-state index >= 15 is 0 Å². The zero-order valence-electron chi connectivity index (χ0n) is 28.5. The number of carbonyl (C=O) groups excluding carboxylic acids is 7. The van der Waals surface area contributed by atoms with Gasteiger partial charge < -0.3 is 53.8 Å². The number of amides is 7. The molecule has 1 saturated heterocycles. The summed E-state index contributed by atoms with van der Waals surface area (Å²) in [4.78, 5) is 95.3. The van der Waals surface area contributed by atoms with Crippen LogP contribution < -0.4 is 43.8 Å². The van der Waals surface area contributed by atoms with E-state index in [0.29, 0.717) is 38.8 Å². The maximum Gasteiger partial charge on any atom is 0.245 e. The van der Waals surface area contributed by atoms with Crippen molar-refractivity contribution in [2.75, 3.05) is 19.6 Å². The van der Waals surface area contributed by atoms with Gasteiger partial charge in [0.2, 0.25) is 41.4 Å². The number of nitrogens with zero attached hydrogens (tertiary/aromatic N) is 2. The van der Waals surface area contributed by atoms with Gasteiger partial charge in [-0.15, -0.1) is 0 Å². The first-order valence-corrected chi connectivity index (χ1v) is 16.3. The summed E-state index contributed by atoms with van der Waals surface area (Å²) < 4.78 is 0. The molecule has 18 nitrogen and oxygen atoms in total. The highest BCUT2D eigenvalue weighted by Gasteiger charge is 2.39. The number of aliphatic hydroxyl groups is 1. The summed E-state index contributed by atoms with van der Waals surface area (Å²) in [7, 11) is 0. The van der Waals surface area contributed by atoms with Crippen molar-refractivity contribution < 1.29 is 38.7 Å². The van der Waals surface area contributed by atoms with Gasteiger partial charge in [-0.2, -0.15) is 0 Å². The molecular weight excluding hydrogens is 628 g/mol. The topological polar surface area (TPSA) is 294 Å². The summed E-state index contributed by atoms with van der Waals surface area (Å²) in [6, 6.07) is -5.75. The van der Waals surface area contributed by atoms with Crippen LogP contribution in [0, 0.1) is 5.92 Å². The Labute approximate surface area is 281 Å². The predicted octanol–water partition coefficient (Wildman–Crippen LogP) is -3.18. The number of nitrogens with one attached hydrogen (secondary N) is 5. The van der Waals surface area contributed by atoms with Crippen molar-refractivity contribution in [3.05, 3.63) is 0 Å². The lowest BCUT2D eigenvalue weighted by Crippen LogP contribution is -2.61. The number of carbonyl (C=O) groups is 7.